The third kappa shape index (κ3) is 29.4. The van der Waals surface area contributed by atoms with Crippen LogP contribution in [0.2, 0.25) is 0 Å². The highest BCUT2D eigenvalue weighted by atomic mass is 16.5. The van der Waals surface area contributed by atoms with Gasteiger partial charge in [0, 0.05) is 12.8 Å². The summed E-state index contributed by atoms with van der Waals surface area (Å²) in [5, 5.41) is 0. The van der Waals surface area contributed by atoms with Gasteiger partial charge < -0.3 is 9.47 Å². The summed E-state index contributed by atoms with van der Waals surface area (Å²) in [5.74, 6) is -0.264. The van der Waals surface area contributed by atoms with E-state index in [0.717, 1.165) is 25.7 Å². The van der Waals surface area contributed by atoms with E-state index in [1.807, 2.05) is 6.92 Å². The molecule has 4 heteroatoms. The molecule has 0 spiro atoms. The first-order chi connectivity index (χ1) is 18.1. The molecule has 0 aromatic carbocycles. The van der Waals surface area contributed by atoms with Gasteiger partial charge >= 0.3 is 11.9 Å². The zero-order valence-electron chi connectivity index (χ0n) is 25.3. The normalized spacial score (nSPS) is 12.0. The van der Waals surface area contributed by atoms with Crippen molar-refractivity contribution in [2.75, 3.05) is 6.61 Å². The van der Waals surface area contributed by atoms with Crippen molar-refractivity contribution >= 4 is 11.9 Å². The van der Waals surface area contributed by atoms with Gasteiger partial charge in [-0.05, 0) is 39.0 Å². The van der Waals surface area contributed by atoms with Crippen LogP contribution < -0.4 is 0 Å². The van der Waals surface area contributed by atoms with Crippen LogP contribution in [0.15, 0.2) is 0 Å². The Hall–Kier alpha value is -1.06. The summed E-state index contributed by atoms with van der Waals surface area (Å²) < 4.78 is 10.8. The number of esters is 2. The number of carbonyl (C=O) groups is 2. The van der Waals surface area contributed by atoms with E-state index in [2.05, 4.69) is 13.8 Å². The summed E-state index contributed by atoms with van der Waals surface area (Å²) >= 11 is 0. The molecule has 0 aromatic heterocycles. The third-order valence-electron chi connectivity index (χ3n) is 7.32. The molecule has 0 fully saturated rings. The van der Waals surface area contributed by atoms with E-state index < -0.39 is 0 Å². The standard InChI is InChI=1S/C33H64O4/c1-4-6-8-10-12-13-14-15-16-17-18-19-20-22-26-30-36-32(34)28-24-25-29-33(35)37-31(3)27-23-21-11-9-7-5-2/h31H,4-30H2,1-3H3. The monoisotopic (exact) mass is 524 g/mol. The smallest absolute Gasteiger partial charge is 0.306 e. The lowest BCUT2D eigenvalue weighted by Crippen LogP contribution is -2.14. The van der Waals surface area contributed by atoms with Crippen molar-refractivity contribution in [1.29, 1.82) is 0 Å². The maximum atomic E-state index is 12.0. The maximum absolute atomic E-state index is 12.0. The highest BCUT2D eigenvalue weighted by Crippen LogP contribution is 2.14. The van der Waals surface area contributed by atoms with E-state index in [-0.39, 0.29) is 18.0 Å². The molecule has 0 amide bonds. The zero-order chi connectivity index (χ0) is 27.2. The first-order valence-electron chi connectivity index (χ1n) is 16.4. The van der Waals surface area contributed by atoms with Crippen LogP contribution in [0.4, 0.5) is 0 Å². The van der Waals surface area contributed by atoms with E-state index in [1.54, 1.807) is 0 Å². The van der Waals surface area contributed by atoms with Crippen LogP contribution in [0.3, 0.4) is 0 Å². The lowest BCUT2D eigenvalue weighted by Gasteiger charge is -2.13. The molecule has 0 rings (SSSR count). The van der Waals surface area contributed by atoms with E-state index in [0.29, 0.717) is 32.3 Å². The summed E-state index contributed by atoms with van der Waals surface area (Å²) in [6, 6.07) is 0. The molecular formula is C33H64O4. The molecule has 0 heterocycles. The lowest BCUT2D eigenvalue weighted by molar-refractivity contribution is -0.149. The van der Waals surface area contributed by atoms with Crippen molar-refractivity contribution in [2.24, 2.45) is 0 Å². The van der Waals surface area contributed by atoms with Gasteiger partial charge in [-0.2, -0.15) is 0 Å². The fourth-order valence-electron chi connectivity index (χ4n) is 4.82. The van der Waals surface area contributed by atoms with Crippen molar-refractivity contribution < 1.29 is 19.1 Å². The summed E-state index contributed by atoms with van der Waals surface area (Å²) in [6.07, 6.45) is 30.7. The number of hydrogen-bond acceptors (Lipinski definition) is 4. The van der Waals surface area contributed by atoms with Gasteiger partial charge in [0.25, 0.3) is 0 Å². The average molecular weight is 525 g/mol. The first kappa shape index (κ1) is 35.9. The Morgan fingerprint density at radius 3 is 1.32 bits per heavy atom. The lowest BCUT2D eigenvalue weighted by atomic mass is 10.0. The zero-order valence-corrected chi connectivity index (χ0v) is 25.3. The molecule has 0 aliphatic heterocycles. The molecule has 0 aliphatic rings. The van der Waals surface area contributed by atoms with Crippen molar-refractivity contribution in [3.63, 3.8) is 0 Å². The fourth-order valence-corrected chi connectivity index (χ4v) is 4.82. The van der Waals surface area contributed by atoms with Crippen LogP contribution in [-0.2, 0) is 19.1 Å². The van der Waals surface area contributed by atoms with Crippen LogP contribution in [-0.4, -0.2) is 24.6 Å². The number of rotatable bonds is 29. The molecule has 4 nitrogen and oxygen atoms in total. The average Bonchev–Trinajstić information content (AvgIpc) is 2.88. The minimum atomic E-state index is -0.135. The van der Waals surface area contributed by atoms with Gasteiger partial charge in [0.05, 0.1) is 12.7 Å². The fraction of sp³-hybridized carbons (Fsp3) is 0.939. The molecule has 0 aromatic rings. The van der Waals surface area contributed by atoms with E-state index in [4.69, 9.17) is 9.47 Å². The highest BCUT2D eigenvalue weighted by Gasteiger charge is 2.10. The molecule has 0 radical (unpaired) electrons. The Morgan fingerprint density at radius 2 is 0.865 bits per heavy atom. The molecule has 0 saturated heterocycles. The molecule has 1 unspecified atom stereocenters. The minimum absolute atomic E-state index is 0.00135. The molecule has 0 saturated carbocycles. The van der Waals surface area contributed by atoms with Crippen molar-refractivity contribution in [1.82, 2.24) is 0 Å². The molecular weight excluding hydrogens is 460 g/mol. The number of unbranched alkanes of at least 4 members (excludes halogenated alkanes) is 20. The molecule has 0 bridgehead atoms. The first-order valence-corrected chi connectivity index (χ1v) is 16.4. The topological polar surface area (TPSA) is 52.6 Å². The Labute approximate surface area is 231 Å². The summed E-state index contributed by atoms with van der Waals surface area (Å²) in [4.78, 5) is 23.9. The predicted octanol–water partition coefficient (Wildman–Crippen LogP) is 10.6. The van der Waals surface area contributed by atoms with E-state index in [1.165, 1.54) is 116 Å². The minimum Gasteiger partial charge on any atom is -0.466 e. The van der Waals surface area contributed by atoms with E-state index in [9.17, 15) is 9.59 Å². The Kier molecular flexibility index (Phi) is 28.7. The van der Waals surface area contributed by atoms with Gasteiger partial charge in [-0.15, -0.1) is 0 Å². The SMILES string of the molecule is CCCCCCCCCCCCCCCCCOC(=O)CCCCC(=O)OC(C)CCCCCCCC. The van der Waals surface area contributed by atoms with Crippen LogP contribution in [0.5, 0.6) is 0 Å². The van der Waals surface area contributed by atoms with E-state index >= 15 is 0 Å². The van der Waals surface area contributed by atoms with Crippen molar-refractivity contribution in [3.8, 4) is 0 Å². The summed E-state index contributed by atoms with van der Waals surface area (Å²) in [7, 11) is 0. The van der Waals surface area contributed by atoms with Gasteiger partial charge in [-0.1, -0.05) is 136 Å². The number of carbonyl (C=O) groups excluding carboxylic acids is 2. The molecule has 220 valence electrons. The van der Waals surface area contributed by atoms with Crippen LogP contribution in [0, 0.1) is 0 Å². The van der Waals surface area contributed by atoms with Crippen LogP contribution in [0.1, 0.15) is 188 Å². The van der Waals surface area contributed by atoms with Crippen molar-refractivity contribution in [3.05, 3.63) is 0 Å². The Morgan fingerprint density at radius 1 is 0.486 bits per heavy atom. The maximum Gasteiger partial charge on any atom is 0.306 e. The predicted molar refractivity (Wildman–Crippen MR) is 158 cm³/mol. The molecule has 0 N–H and O–H groups in total. The summed E-state index contributed by atoms with van der Waals surface area (Å²) in [6.45, 7) is 7.03. The number of hydrogen-bond donors (Lipinski definition) is 0. The van der Waals surface area contributed by atoms with Crippen LogP contribution in [0.25, 0.3) is 0 Å². The second-order valence-electron chi connectivity index (χ2n) is 11.2. The molecule has 37 heavy (non-hydrogen) atoms. The third-order valence-corrected chi connectivity index (χ3v) is 7.32. The van der Waals surface area contributed by atoms with Gasteiger partial charge in [-0.25, -0.2) is 0 Å². The van der Waals surface area contributed by atoms with Gasteiger partial charge in [0.2, 0.25) is 0 Å². The Balaban J connectivity index is 3.35. The second-order valence-corrected chi connectivity index (χ2v) is 11.2. The Bertz CT molecular complexity index is 491. The quantitative estimate of drug-likeness (QED) is 0.0721. The summed E-state index contributed by atoms with van der Waals surface area (Å²) in [5.41, 5.74) is 0. The largest absolute Gasteiger partial charge is 0.466 e. The highest BCUT2D eigenvalue weighted by molar-refractivity contribution is 5.70. The van der Waals surface area contributed by atoms with Crippen LogP contribution >= 0.6 is 0 Å². The molecule has 1 atom stereocenters. The van der Waals surface area contributed by atoms with Gasteiger partial charge in [0.1, 0.15) is 0 Å². The van der Waals surface area contributed by atoms with Crippen molar-refractivity contribution in [2.45, 2.75) is 194 Å². The second kappa shape index (κ2) is 29.5. The van der Waals surface area contributed by atoms with Gasteiger partial charge in [-0.3, -0.25) is 9.59 Å². The van der Waals surface area contributed by atoms with Gasteiger partial charge in [0.15, 0.2) is 0 Å². The molecule has 0 aliphatic carbocycles. The number of ether oxygens (including phenoxy) is 2.